The minimum atomic E-state index is -0.799. The molecule has 1 heterocycles. The molecular formula is C20H23F2NO3. The molecule has 0 bridgehead atoms. The van der Waals surface area contributed by atoms with Crippen LogP contribution in [0.2, 0.25) is 0 Å². The second-order valence-corrected chi connectivity index (χ2v) is 6.91. The van der Waals surface area contributed by atoms with E-state index in [1.807, 2.05) is 6.92 Å². The van der Waals surface area contributed by atoms with Crippen molar-refractivity contribution in [2.45, 2.75) is 31.8 Å². The van der Waals surface area contributed by atoms with Crippen LogP contribution >= 0.6 is 0 Å². The lowest BCUT2D eigenvalue weighted by atomic mass is 9.71. The van der Waals surface area contributed by atoms with Gasteiger partial charge in [0.25, 0.3) is 0 Å². The number of rotatable bonds is 6. The molecule has 6 heteroatoms. The quantitative estimate of drug-likeness (QED) is 0.777. The average molecular weight is 363 g/mol. The molecule has 1 aliphatic carbocycles. The SMILES string of the molecule is C=CCC1C[C@]2([C@@H](C)Cc3cc(F)c(NC)cc3F)OCOC2=CC1=O. The highest BCUT2D eigenvalue weighted by atomic mass is 19.1. The fourth-order valence-electron chi connectivity index (χ4n) is 3.85. The Morgan fingerprint density at radius 1 is 1.42 bits per heavy atom. The van der Waals surface area contributed by atoms with E-state index >= 15 is 0 Å². The molecule has 0 aromatic heterocycles. The molecule has 3 rings (SSSR count). The summed E-state index contributed by atoms with van der Waals surface area (Å²) in [5.41, 5.74) is -0.408. The second kappa shape index (κ2) is 7.19. The predicted molar refractivity (Wildman–Crippen MR) is 94.6 cm³/mol. The number of hydrogen-bond donors (Lipinski definition) is 1. The minimum Gasteiger partial charge on any atom is -0.469 e. The molecule has 0 radical (unpaired) electrons. The van der Waals surface area contributed by atoms with Crippen LogP contribution in [0.4, 0.5) is 14.5 Å². The zero-order valence-corrected chi connectivity index (χ0v) is 15.0. The normalized spacial score (nSPS) is 25.9. The third-order valence-corrected chi connectivity index (χ3v) is 5.35. The number of carbonyl (C=O) groups is 1. The predicted octanol–water partition coefficient (Wildman–Crippen LogP) is 3.98. The molecule has 4 nitrogen and oxygen atoms in total. The first-order valence-electron chi connectivity index (χ1n) is 8.70. The number of nitrogens with one attached hydrogen (secondary N) is 1. The molecule has 1 saturated heterocycles. The second-order valence-electron chi connectivity index (χ2n) is 6.91. The maximum atomic E-state index is 14.4. The van der Waals surface area contributed by atoms with Crippen molar-refractivity contribution in [2.75, 3.05) is 19.2 Å². The van der Waals surface area contributed by atoms with E-state index in [2.05, 4.69) is 11.9 Å². The van der Waals surface area contributed by atoms with Crippen LogP contribution in [0, 0.1) is 23.5 Å². The topological polar surface area (TPSA) is 47.6 Å². The molecule has 0 amide bonds. The molecule has 2 aliphatic rings. The number of halogens is 2. The zero-order valence-electron chi connectivity index (χ0n) is 15.0. The molecule has 1 aliphatic heterocycles. The summed E-state index contributed by atoms with van der Waals surface area (Å²) in [4.78, 5) is 12.2. The molecule has 1 aromatic carbocycles. The molecule has 3 atom stereocenters. The number of ketones is 1. The van der Waals surface area contributed by atoms with Crippen molar-refractivity contribution in [3.05, 3.63) is 53.8 Å². The van der Waals surface area contributed by atoms with Crippen LogP contribution in [0.3, 0.4) is 0 Å². The van der Waals surface area contributed by atoms with Gasteiger partial charge in [0.2, 0.25) is 0 Å². The average Bonchev–Trinajstić information content (AvgIpc) is 3.02. The maximum absolute atomic E-state index is 14.4. The third kappa shape index (κ3) is 3.14. The lowest BCUT2D eigenvalue weighted by Gasteiger charge is -2.38. The van der Waals surface area contributed by atoms with Gasteiger partial charge >= 0.3 is 0 Å². The van der Waals surface area contributed by atoms with E-state index in [1.54, 1.807) is 13.1 Å². The first kappa shape index (κ1) is 18.6. The number of carbonyl (C=O) groups excluding carboxylic acids is 1. The number of benzene rings is 1. The summed E-state index contributed by atoms with van der Waals surface area (Å²) < 4.78 is 39.9. The van der Waals surface area contributed by atoms with Crippen LogP contribution in [0.5, 0.6) is 0 Å². The van der Waals surface area contributed by atoms with Crippen molar-refractivity contribution in [1.82, 2.24) is 0 Å². The summed E-state index contributed by atoms with van der Waals surface area (Å²) in [5.74, 6) is -0.944. The molecule has 0 spiro atoms. The van der Waals surface area contributed by atoms with Crippen LogP contribution in [-0.2, 0) is 20.7 Å². The fraction of sp³-hybridized carbons (Fsp3) is 0.450. The number of allylic oxidation sites excluding steroid dienone is 2. The molecule has 1 aromatic rings. The number of anilines is 1. The number of ether oxygens (including phenoxy) is 2. The Bertz CT molecular complexity index is 762. The highest BCUT2D eigenvalue weighted by Gasteiger charge is 2.51. The van der Waals surface area contributed by atoms with E-state index in [4.69, 9.17) is 9.47 Å². The standard InChI is InChI=1S/C20H23F2NO3/c1-4-5-13-10-20(19(9-18(13)24)25-11-26-20)12(2)6-14-7-16(22)17(23-3)8-15(14)21/h4,7-9,12-13,23H,1,5-6,10-11H2,2-3H3/t12-,13?,20+/m0/s1. The highest BCUT2D eigenvalue weighted by Crippen LogP contribution is 2.46. The van der Waals surface area contributed by atoms with Gasteiger partial charge in [0.1, 0.15) is 23.0 Å². The van der Waals surface area contributed by atoms with Crippen molar-refractivity contribution in [3.63, 3.8) is 0 Å². The van der Waals surface area contributed by atoms with Crippen LogP contribution in [0.1, 0.15) is 25.3 Å². The van der Waals surface area contributed by atoms with Crippen LogP contribution in [-0.4, -0.2) is 25.2 Å². The van der Waals surface area contributed by atoms with Gasteiger partial charge in [0, 0.05) is 25.1 Å². The zero-order chi connectivity index (χ0) is 18.9. The van der Waals surface area contributed by atoms with Crippen molar-refractivity contribution >= 4 is 11.5 Å². The van der Waals surface area contributed by atoms with E-state index in [0.29, 0.717) is 18.6 Å². The van der Waals surface area contributed by atoms with Gasteiger partial charge in [-0.15, -0.1) is 6.58 Å². The minimum absolute atomic E-state index is 0.0103. The van der Waals surface area contributed by atoms with Crippen molar-refractivity contribution < 1.29 is 23.0 Å². The van der Waals surface area contributed by atoms with Gasteiger partial charge in [0.05, 0.1) is 5.69 Å². The largest absolute Gasteiger partial charge is 0.469 e. The lowest BCUT2D eigenvalue weighted by molar-refractivity contribution is -0.123. The first-order valence-corrected chi connectivity index (χ1v) is 8.70. The molecule has 1 unspecified atom stereocenters. The molecule has 0 saturated carbocycles. The van der Waals surface area contributed by atoms with Crippen LogP contribution in [0.25, 0.3) is 0 Å². The van der Waals surface area contributed by atoms with Crippen molar-refractivity contribution in [2.24, 2.45) is 11.8 Å². The maximum Gasteiger partial charge on any atom is 0.189 e. The van der Waals surface area contributed by atoms with E-state index in [9.17, 15) is 13.6 Å². The summed E-state index contributed by atoms with van der Waals surface area (Å²) >= 11 is 0. The molecular weight excluding hydrogens is 340 g/mol. The Labute approximate surface area is 151 Å². The van der Waals surface area contributed by atoms with Crippen molar-refractivity contribution in [1.29, 1.82) is 0 Å². The molecule has 26 heavy (non-hydrogen) atoms. The Balaban J connectivity index is 1.89. The third-order valence-electron chi connectivity index (χ3n) is 5.35. The van der Waals surface area contributed by atoms with Crippen molar-refractivity contribution in [3.8, 4) is 0 Å². The van der Waals surface area contributed by atoms with Crippen LogP contribution < -0.4 is 5.32 Å². The highest BCUT2D eigenvalue weighted by molar-refractivity contribution is 5.93. The molecule has 1 fully saturated rings. The number of fused-ring (bicyclic) bond motifs is 1. The summed E-state index contributed by atoms with van der Waals surface area (Å²) in [6, 6.07) is 2.37. The Morgan fingerprint density at radius 2 is 2.19 bits per heavy atom. The smallest absolute Gasteiger partial charge is 0.189 e. The van der Waals surface area contributed by atoms with Gasteiger partial charge < -0.3 is 14.8 Å². The fourth-order valence-corrected chi connectivity index (χ4v) is 3.85. The number of hydrogen-bond acceptors (Lipinski definition) is 4. The summed E-state index contributed by atoms with van der Waals surface area (Å²) in [6.45, 7) is 5.67. The van der Waals surface area contributed by atoms with Crippen LogP contribution in [0.15, 0.2) is 36.6 Å². The Morgan fingerprint density at radius 3 is 2.88 bits per heavy atom. The van der Waals surface area contributed by atoms with Gasteiger partial charge in [0.15, 0.2) is 12.6 Å². The summed E-state index contributed by atoms with van der Waals surface area (Å²) in [7, 11) is 1.54. The Hall–Kier alpha value is -2.21. The van der Waals surface area contributed by atoms with E-state index in [1.165, 1.54) is 12.1 Å². The van der Waals surface area contributed by atoms with Gasteiger partial charge in [-0.3, -0.25) is 4.79 Å². The van der Waals surface area contributed by atoms with E-state index in [0.717, 1.165) is 6.07 Å². The molecule has 1 N–H and O–H groups in total. The van der Waals surface area contributed by atoms with Gasteiger partial charge in [-0.2, -0.15) is 0 Å². The monoisotopic (exact) mass is 363 g/mol. The van der Waals surface area contributed by atoms with Gasteiger partial charge in [-0.1, -0.05) is 13.0 Å². The van der Waals surface area contributed by atoms with Gasteiger partial charge in [-0.25, -0.2) is 8.78 Å². The lowest BCUT2D eigenvalue weighted by Crippen LogP contribution is -2.45. The van der Waals surface area contributed by atoms with Gasteiger partial charge in [-0.05, 0) is 36.8 Å². The Kier molecular flexibility index (Phi) is 5.14. The van der Waals surface area contributed by atoms with E-state index in [-0.39, 0.29) is 42.1 Å². The summed E-state index contributed by atoms with van der Waals surface area (Å²) in [5, 5.41) is 2.62. The first-order chi connectivity index (χ1) is 12.4. The molecule has 140 valence electrons. The summed E-state index contributed by atoms with van der Waals surface area (Å²) in [6.07, 6.45) is 4.45. The van der Waals surface area contributed by atoms with E-state index < -0.39 is 17.2 Å².